The number of carbonyl (C=O) groups excluding carboxylic acids is 1. The van der Waals surface area contributed by atoms with Crippen LogP contribution in [0.1, 0.15) is 16.1 Å². The molecular weight excluding hydrogens is 307 g/mol. The Morgan fingerprint density at radius 1 is 1.53 bits per heavy atom. The number of fused-ring (bicyclic) bond motifs is 1. The lowest BCUT2D eigenvalue weighted by Crippen LogP contribution is -2.22. The van der Waals surface area contributed by atoms with Gasteiger partial charge in [-0.1, -0.05) is 11.6 Å². The van der Waals surface area contributed by atoms with Crippen LogP contribution in [0.3, 0.4) is 0 Å². The van der Waals surface area contributed by atoms with Crippen LogP contribution in [0.5, 0.6) is 0 Å². The molecule has 1 heterocycles. The van der Waals surface area contributed by atoms with Crippen molar-refractivity contribution in [2.75, 3.05) is 7.11 Å². The van der Waals surface area contributed by atoms with Gasteiger partial charge in [0.1, 0.15) is 0 Å². The van der Waals surface area contributed by atoms with Gasteiger partial charge in [0.2, 0.25) is 0 Å². The van der Waals surface area contributed by atoms with Crippen molar-refractivity contribution in [1.29, 1.82) is 0 Å². The molecule has 17 heavy (non-hydrogen) atoms. The van der Waals surface area contributed by atoms with E-state index in [2.05, 4.69) is 31.2 Å². The van der Waals surface area contributed by atoms with Gasteiger partial charge in [-0.05, 0) is 35.0 Å². The summed E-state index contributed by atoms with van der Waals surface area (Å²) in [4.78, 5) is 19.6. The molecule has 0 fully saturated rings. The van der Waals surface area contributed by atoms with Crippen LogP contribution in [0.25, 0.3) is 10.9 Å². The minimum Gasteiger partial charge on any atom is -0.358 e. The first-order chi connectivity index (χ1) is 8.04. The lowest BCUT2D eigenvalue weighted by molar-refractivity contribution is 0.0539. The number of benzene rings is 1. The monoisotopic (exact) mass is 316 g/mol. The highest BCUT2D eigenvalue weighted by Gasteiger charge is 2.17. The first-order valence-electron chi connectivity index (χ1n) is 4.85. The van der Waals surface area contributed by atoms with E-state index in [1.807, 2.05) is 13.0 Å². The molecule has 0 saturated heterocycles. The van der Waals surface area contributed by atoms with Crippen LogP contribution < -0.4 is 5.48 Å². The van der Waals surface area contributed by atoms with Crippen LogP contribution in [0, 0.1) is 6.92 Å². The van der Waals surface area contributed by atoms with Gasteiger partial charge in [-0.25, -0.2) is 5.48 Å². The topological polar surface area (TPSA) is 54.1 Å². The summed E-state index contributed by atoms with van der Waals surface area (Å²) < 4.78 is 0.747. The molecule has 6 heteroatoms. The van der Waals surface area contributed by atoms with Crippen LogP contribution in [-0.4, -0.2) is 18.0 Å². The Hall–Kier alpha value is -1.04. The van der Waals surface area contributed by atoms with Crippen molar-refractivity contribution in [1.82, 2.24) is 10.5 Å². The molecule has 1 aromatic carbocycles. The summed E-state index contributed by atoms with van der Waals surface area (Å²) in [6.07, 6.45) is 0. The van der Waals surface area contributed by atoms with Gasteiger partial charge in [0.05, 0.1) is 17.7 Å². The Bertz CT molecular complexity index is 595. The average Bonchev–Trinajstić information content (AvgIpc) is 2.55. The van der Waals surface area contributed by atoms with E-state index in [9.17, 15) is 4.79 Å². The second-order valence-electron chi connectivity index (χ2n) is 3.57. The highest BCUT2D eigenvalue weighted by Crippen LogP contribution is 2.31. The number of halogens is 2. The molecule has 0 spiro atoms. The van der Waals surface area contributed by atoms with Gasteiger partial charge >= 0.3 is 0 Å². The normalized spacial score (nSPS) is 10.8. The van der Waals surface area contributed by atoms with E-state index >= 15 is 0 Å². The average molecular weight is 318 g/mol. The van der Waals surface area contributed by atoms with Crippen LogP contribution >= 0.6 is 27.5 Å². The van der Waals surface area contributed by atoms with Crippen molar-refractivity contribution in [2.45, 2.75) is 6.92 Å². The fourth-order valence-electron chi connectivity index (χ4n) is 1.76. The number of rotatable bonds is 2. The fraction of sp³-hybridized carbons (Fsp3) is 0.182. The van der Waals surface area contributed by atoms with Gasteiger partial charge in [-0.2, -0.15) is 0 Å². The molecule has 0 saturated carbocycles. The summed E-state index contributed by atoms with van der Waals surface area (Å²) in [5.41, 5.74) is 4.45. The minimum absolute atomic E-state index is 0.287. The van der Waals surface area contributed by atoms with Crippen molar-refractivity contribution in [3.8, 4) is 0 Å². The lowest BCUT2D eigenvalue weighted by Gasteiger charge is -2.02. The summed E-state index contributed by atoms with van der Waals surface area (Å²) in [7, 11) is 1.40. The number of hydrogen-bond donors (Lipinski definition) is 2. The number of aromatic amines is 1. The van der Waals surface area contributed by atoms with Crippen molar-refractivity contribution in [3.63, 3.8) is 0 Å². The zero-order chi connectivity index (χ0) is 12.6. The second kappa shape index (κ2) is 4.68. The van der Waals surface area contributed by atoms with Gasteiger partial charge in [0, 0.05) is 21.1 Å². The summed E-state index contributed by atoms with van der Waals surface area (Å²) in [5, 5.41) is 1.39. The van der Waals surface area contributed by atoms with Crippen LogP contribution in [0.15, 0.2) is 16.6 Å². The SMILES string of the molecule is CONC(=O)c1c(C)[nH]c2cc(Cl)c(Br)cc12. The third kappa shape index (κ3) is 2.18. The summed E-state index contributed by atoms with van der Waals surface area (Å²) in [6.45, 7) is 1.83. The quantitative estimate of drug-likeness (QED) is 0.836. The second-order valence-corrected chi connectivity index (χ2v) is 4.83. The molecule has 0 unspecified atom stereocenters. The molecule has 4 nitrogen and oxygen atoms in total. The van der Waals surface area contributed by atoms with Crippen LogP contribution in [0.2, 0.25) is 5.02 Å². The lowest BCUT2D eigenvalue weighted by atomic mass is 10.1. The van der Waals surface area contributed by atoms with E-state index in [1.54, 1.807) is 6.07 Å². The molecular formula is C11H10BrClN2O2. The number of carbonyl (C=O) groups is 1. The van der Waals surface area contributed by atoms with E-state index in [-0.39, 0.29) is 5.91 Å². The van der Waals surface area contributed by atoms with E-state index in [0.29, 0.717) is 10.6 Å². The summed E-state index contributed by atoms with van der Waals surface area (Å²) >= 11 is 9.34. The molecule has 0 aliphatic carbocycles. The standard InChI is InChI=1S/C11H10BrClN2O2/c1-5-10(11(16)15-17-2)6-3-7(12)8(13)4-9(6)14-5/h3-4,14H,1-2H3,(H,15,16). The van der Waals surface area contributed by atoms with Crippen molar-refractivity contribution in [2.24, 2.45) is 0 Å². The van der Waals surface area contributed by atoms with Gasteiger partial charge in [0.25, 0.3) is 5.91 Å². The van der Waals surface area contributed by atoms with Gasteiger partial charge < -0.3 is 4.98 Å². The molecule has 0 aliphatic rings. The molecule has 2 rings (SSSR count). The fourth-order valence-corrected chi connectivity index (χ4v) is 2.27. The van der Waals surface area contributed by atoms with Crippen molar-refractivity contribution >= 4 is 44.3 Å². The number of hydroxylamine groups is 1. The molecule has 90 valence electrons. The molecule has 0 radical (unpaired) electrons. The molecule has 0 aliphatic heterocycles. The number of nitrogens with one attached hydrogen (secondary N) is 2. The Morgan fingerprint density at radius 2 is 2.24 bits per heavy atom. The predicted molar refractivity (Wildman–Crippen MR) is 70.2 cm³/mol. The summed E-state index contributed by atoms with van der Waals surface area (Å²) in [6, 6.07) is 3.59. The number of amides is 1. The number of H-pyrrole nitrogens is 1. The zero-order valence-electron chi connectivity index (χ0n) is 9.23. The molecule has 1 amide bonds. The first kappa shape index (κ1) is 12.4. The highest BCUT2D eigenvalue weighted by atomic mass is 79.9. The van der Waals surface area contributed by atoms with Gasteiger partial charge in [-0.3, -0.25) is 9.63 Å². The summed E-state index contributed by atoms with van der Waals surface area (Å²) in [5.74, 6) is -0.287. The minimum atomic E-state index is -0.287. The molecule has 1 aromatic heterocycles. The molecule has 2 aromatic rings. The maximum absolute atomic E-state index is 11.8. The van der Waals surface area contributed by atoms with Gasteiger partial charge in [0.15, 0.2) is 0 Å². The number of aryl methyl sites for hydroxylation is 1. The van der Waals surface area contributed by atoms with Crippen LogP contribution in [0.4, 0.5) is 0 Å². The first-order valence-corrected chi connectivity index (χ1v) is 6.02. The number of aromatic nitrogens is 1. The third-order valence-corrected chi connectivity index (χ3v) is 3.65. The molecule has 2 N–H and O–H groups in total. The smallest absolute Gasteiger partial charge is 0.277 e. The Balaban J connectivity index is 2.66. The zero-order valence-corrected chi connectivity index (χ0v) is 11.6. The van der Waals surface area contributed by atoms with E-state index in [1.165, 1.54) is 7.11 Å². The number of hydrogen-bond acceptors (Lipinski definition) is 2. The third-order valence-electron chi connectivity index (χ3n) is 2.45. The highest BCUT2D eigenvalue weighted by molar-refractivity contribution is 9.10. The molecule has 0 atom stereocenters. The predicted octanol–water partition coefficient (Wildman–Crippen LogP) is 3.18. The van der Waals surface area contributed by atoms with Gasteiger partial charge in [-0.15, -0.1) is 0 Å². The van der Waals surface area contributed by atoms with Crippen molar-refractivity contribution in [3.05, 3.63) is 32.9 Å². The Morgan fingerprint density at radius 3 is 2.88 bits per heavy atom. The Labute approximate surface area is 111 Å². The van der Waals surface area contributed by atoms with Crippen molar-refractivity contribution < 1.29 is 9.63 Å². The molecule has 0 bridgehead atoms. The van der Waals surface area contributed by atoms with E-state index in [4.69, 9.17) is 11.6 Å². The Kier molecular flexibility index (Phi) is 3.42. The van der Waals surface area contributed by atoms with E-state index < -0.39 is 0 Å². The largest absolute Gasteiger partial charge is 0.358 e. The van der Waals surface area contributed by atoms with E-state index in [0.717, 1.165) is 21.1 Å². The van der Waals surface area contributed by atoms with Crippen LogP contribution in [-0.2, 0) is 4.84 Å². The maximum Gasteiger partial charge on any atom is 0.277 e. The maximum atomic E-state index is 11.8.